The highest BCUT2D eigenvalue weighted by molar-refractivity contribution is 5.94. The number of H-pyrrole nitrogens is 1. The van der Waals surface area contributed by atoms with E-state index >= 15 is 0 Å². The predicted molar refractivity (Wildman–Crippen MR) is 117 cm³/mol. The molecule has 6 heteroatoms. The summed E-state index contributed by atoms with van der Waals surface area (Å²) in [6, 6.07) is 14.8. The molecule has 0 fully saturated rings. The van der Waals surface area contributed by atoms with Crippen molar-refractivity contribution in [1.29, 1.82) is 0 Å². The van der Waals surface area contributed by atoms with Gasteiger partial charge in [-0.1, -0.05) is 17.7 Å². The minimum atomic E-state index is -0.150. The third-order valence-electron chi connectivity index (χ3n) is 4.92. The van der Waals surface area contributed by atoms with Crippen LogP contribution in [0.25, 0.3) is 5.69 Å². The summed E-state index contributed by atoms with van der Waals surface area (Å²) in [5.74, 6) is 0.00740. The van der Waals surface area contributed by atoms with Crippen molar-refractivity contribution in [2.24, 2.45) is 4.99 Å². The number of aliphatic imine (C=N–C) groups is 1. The number of hydrogen-bond donors (Lipinski definition) is 1. The molecule has 0 unspecified atom stereocenters. The molecule has 1 heterocycles. The summed E-state index contributed by atoms with van der Waals surface area (Å²) >= 11 is 0. The summed E-state index contributed by atoms with van der Waals surface area (Å²) in [4.78, 5) is 31.4. The fourth-order valence-electron chi connectivity index (χ4n) is 3.11. The molecule has 0 spiro atoms. The van der Waals surface area contributed by atoms with Crippen molar-refractivity contribution in [1.82, 2.24) is 14.7 Å². The number of benzene rings is 2. The minimum Gasteiger partial charge on any atom is -0.339 e. The maximum atomic E-state index is 12.8. The van der Waals surface area contributed by atoms with E-state index in [0.29, 0.717) is 29.9 Å². The number of aromatic nitrogens is 2. The fraction of sp³-hybridized carbons (Fsp3) is 0.261. The van der Waals surface area contributed by atoms with Gasteiger partial charge in [-0.15, -0.1) is 0 Å². The Balaban J connectivity index is 1.82. The Morgan fingerprint density at radius 2 is 1.66 bits per heavy atom. The van der Waals surface area contributed by atoms with Crippen LogP contribution in [-0.2, 0) is 0 Å². The van der Waals surface area contributed by atoms with E-state index in [1.165, 1.54) is 4.68 Å². The standard InChI is InChI=1S/C23H26N4O2/c1-5-26(6-2)22(28)18-9-11-19(12-10-18)24-15-21-17(4)25-27(23(21)29)20-13-7-16(3)8-14-20/h7-15,25H,5-6H2,1-4H3. The van der Waals surface area contributed by atoms with E-state index < -0.39 is 0 Å². The zero-order valence-electron chi connectivity index (χ0n) is 17.3. The normalized spacial score (nSPS) is 11.2. The van der Waals surface area contributed by atoms with Gasteiger partial charge in [0.25, 0.3) is 11.5 Å². The second-order valence-corrected chi connectivity index (χ2v) is 6.91. The molecule has 1 amide bonds. The molecule has 1 N–H and O–H groups in total. The van der Waals surface area contributed by atoms with Crippen LogP contribution < -0.4 is 5.56 Å². The van der Waals surface area contributed by atoms with Crippen molar-refractivity contribution in [3.8, 4) is 5.69 Å². The Morgan fingerprint density at radius 1 is 1.03 bits per heavy atom. The molecule has 0 atom stereocenters. The number of aromatic amines is 1. The summed E-state index contributed by atoms with van der Waals surface area (Å²) in [5, 5.41) is 3.10. The Kier molecular flexibility index (Phi) is 6.12. The van der Waals surface area contributed by atoms with Crippen LogP contribution in [0.5, 0.6) is 0 Å². The van der Waals surface area contributed by atoms with Crippen LogP contribution in [0, 0.1) is 13.8 Å². The Morgan fingerprint density at radius 3 is 2.24 bits per heavy atom. The molecule has 2 aromatic carbocycles. The van der Waals surface area contributed by atoms with Crippen LogP contribution in [0.2, 0.25) is 0 Å². The number of nitrogens with zero attached hydrogens (tertiary/aromatic N) is 3. The number of carbonyl (C=O) groups excluding carboxylic acids is 1. The van der Waals surface area contributed by atoms with Crippen LogP contribution in [0.15, 0.2) is 58.3 Å². The van der Waals surface area contributed by atoms with E-state index in [-0.39, 0.29) is 11.5 Å². The third-order valence-corrected chi connectivity index (χ3v) is 4.92. The number of carbonyl (C=O) groups is 1. The topological polar surface area (TPSA) is 70.5 Å². The van der Waals surface area contributed by atoms with Crippen molar-refractivity contribution >= 4 is 17.8 Å². The van der Waals surface area contributed by atoms with Gasteiger partial charge in [-0.2, -0.15) is 0 Å². The Labute approximate surface area is 170 Å². The average molecular weight is 390 g/mol. The van der Waals surface area contributed by atoms with E-state index in [1.54, 1.807) is 35.4 Å². The monoisotopic (exact) mass is 390 g/mol. The molecule has 0 radical (unpaired) electrons. The van der Waals surface area contributed by atoms with Crippen molar-refractivity contribution < 1.29 is 4.79 Å². The number of hydrogen-bond acceptors (Lipinski definition) is 3. The molecule has 29 heavy (non-hydrogen) atoms. The van der Waals surface area contributed by atoms with Gasteiger partial charge in [0.2, 0.25) is 0 Å². The zero-order valence-corrected chi connectivity index (χ0v) is 17.3. The van der Waals surface area contributed by atoms with Crippen LogP contribution in [-0.4, -0.2) is 39.9 Å². The first-order valence-corrected chi connectivity index (χ1v) is 9.76. The molecular formula is C23H26N4O2. The van der Waals surface area contributed by atoms with Gasteiger partial charge >= 0.3 is 0 Å². The van der Waals surface area contributed by atoms with Gasteiger partial charge in [-0.3, -0.25) is 19.7 Å². The highest BCUT2D eigenvalue weighted by Gasteiger charge is 2.12. The van der Waals surface area contributed by atoms with Crippen LogP contribution in [0.3, 0.4) is 0 Å². The van der Waals surface area contributed by atoms with E-state index in [1.807, 2.05) is 52.0 Å². The molecule has 6 nitrogen and oxygen atoms in total. The maximum absolute atomic E-state index is 12.8. The summed E-state index contributed by atoms with van der Waals surface area (Å²) < 4.78 is 1.52. The molecular weight excluding hydrogens is 364 g/mol. The summed E-state index contributed by atoms with van der Waals surface area (Å²) in [7, 11) is 0. The number of nitrogens with one attached hydrogen (secondary N) is 1. The molecule has 3 rings (SSSR count). The molecule has 150 valence electrons. The van der Waals surface area contributed by atoms with Gasteiger partial charge in [0.05, 0.1) is 16.9 Å². The second-order valence-electron chi connectivity index (χ2n) is 6.91. The second kappa shape index (κ2) is 8.73. The van der Waals surface area contributed by atoms with Gasteiger partial charge in [0.1, 0.15) is 0 Å². The summed E-state index contributed by atoms with van der Waals surface area (Å²) in [6.45, 7) is 9.13. The number of rotatable bonds is 6. The lowest BCUT2D eigenvalue weighted by Crippen LogP contribution is -2.30. The van der Waals surface area contributed by atoms with E-state index in [0.717, 1.165) is 16.9 Å². The van der Waals surface area contributed by atoms with E-state index in [2.05, 4.69) is 10.1 Å². The predicted octanol–water partition coefficient (Wildman–Crippen LogP) is 4.02. The molecule has 1 aromatic heterocycles. The Bertz CT molecular complexity index is 1070. The molecule has 0 saturated heterocycles. The van der Waals surface area contributed by atoms with Gasteiger partial charge in [0.15, 0.2) is 0 Å². The lowest BCUT2D eigenvalue weighted by molar-refractivity contribution is 0.0773. The molecule has 0 aliphatic heterocycles. The quantitative estimate of drug-likeness (QED) is 0.646. The molecule has 0 bridgehead atoms. The first kappa shape index (κ1) is 20.3. The van der Waals surface area contributed by atoms with E-state index in [4.69, 9.17) is 0 Å². The molecule has 0 aliphatic rings. The van der Waals surface area contributed by atoms with Crippen molar-refractivity contribution in [2.45, 2.75) is 27.7 Å². The number of amides is 1. The van der Waals surface area contributed by atoms with Crippen LogP contribution >= 0.6 is 0 Å². The van der Waals surface area contributed by atoms with Crippen molar-refractivity contribution in [2.75, 3.05) is 13.1 Å². The van der Waals surface area contributed by atoms with Crippen LogP contribution in [0.4, 0.5) is 5.69 Å². The molecule has 3 aromatic rings. The van der Waals surface area contributed by atoms with Gasteiger partial charge in [-0.05, 0) is 64.1 Å². The largest absolute Gasteiger partial charge is 0.339 e. The molecule has 0 saturated carbocycles. The fourth-order valence-corrected chi connectivity index (χ4v) is 3.11. The van der Waals surface area contributed by atoms with E-state index in [9.17, 15) is 9.59 Å². The van der Waals surface area contributed by atoms with Crippen molar-refractivity contribution in [3.05, 3.63) is 81.3 Å². The highest BCUT2D eigenvalue weighted by Crippen LogP contribution is 2.15. The van der Waals surface area contributed by atoms with Gasteiger partial charge in [0, 0.05) is 30.6 Å². The SMILES string of the molecule is CCN(CC)C(=O)c1ccc(N=Cc2c(C)[nH]n(-c3ccc(C)cc3)c2=O)cc1. The average Bonchev–Trinajstić information content (AvgIpc) is 3.02. The maximum Gasteiger partial charge on any atom is 0.280 e. The van der Waals surface area contributed by atoms with Crippen LogP contribution in [0.1, 0.15) is 41.0 Å². The Hall–Kier alpha value is -3.41. The van der Waals surface area contributed by atoms with Gasteiger partial charge < -0.3 is 4.90 Å². The summed E-state index contributed by atoms with van der Waals surface area (Å²) in [6.07, 6.45) is 1.57. The number of aryl methyl sites for hydroxylation is 2. The lowest BCUT2D eigenvalue weighted by Gasteiger charge is -2.18. The first-order valence-electron chi connectivity index (χ1n) is 9.76. The smallest absolute Gasteiger partial charge is 0.280 e. The minimum absolute atomic E-state index is 0.00740. The third kappa shape index (κ3) is 4.37. The zero-order chi connectivity index (χ0) is 21.0. The highest BCUT2D eigenvalue weighted by atomic mass is 16.2. The molecule has 0 aliphatic carbocycles. The van der Waals surface area contributed by atoms with Gasteiger partial charge in [-0.25, -0.2) is 4.68 Å². The first-order chi connectivity index (χ1) is 13.9. The summed E-state index contributed by atoms with van der Waals surface area (Å²) in [5.41, 5.74) is 4.33. The van der Waals surface area contributed by atoms with Crippen molar-refractivity contribution in [3.63, 3.8) is 0 Å². The lowest BCUT2D eigenvalue weighted by atomic mass is 10.2.